The average Bonchev–Trinajstić information content (AvgIpc) is 2.71. The van der Waals surface area contributed by atoms with Gasteiger partial charge in [0.25, 0.3) is 0 Å². The van der Waals surface area contributed by atoms with E-state index >= 15 is 0 Å². The molecule has 1 aliphatic heterocycles. The molecule has 0 aromatic heterocycles. The van der Waals surface area contributed by atoms with Crippen LogP contribution in [0.5, 0.6) is 0 Å². The topological polar surface area (TPSA) is 29.3 Å². The van der Waals surface area contributed by atoms with Gasteiger partial charge in [0.15, 0.2) is 0 Å². The van der Waals surface area contributed by atoms with Crippen LogP contribution in [0.15, 0.2) is 24.3 Å². The van der Waals surface area contributed by atoms with E-state index in [0.29, 0.717) is 12.0 Å². The molecule has 19 heavy (non-hydrogen) atoms. The van der Waals surface area contributed by atoms with Gasteiger partial charge in [-0.1, -0.05) is 37.5 Å². The first-order chi connectivity index (χ1) is 9.40. The SMILES string of the molecule is NCC1CCCCCC1N1CCCc2ccccc21. The summed E-state index contributed by atoms with van der Waals surface area (Å²) in [6.45, 7) is 2.07. The number of hydrogen-bond donors (Lipinski definition) is 1. The van der Waals surface area contributed by atoms with Crippen molar-refractivity contribution in [2.75, 3.05) is 18.0 Å². The summed E-state index contributed by atoms with van der Waals surface area (Å²) in [6.07, 6.45) is 9.32. The van der Waals surface area contributed by atoms with Crippen molar-refractivity contribution in [3.8, 4) is 0 Å². The fourth-order valence-electron chi connectivity index (χ4n) is 3.96. The highest BCUT2D eigenvalue weighted by Gasteiger charge is 2.30. The second-order valence-corrected chi connectivity index (χ2v) is 6.13. The molecule has 104 valence electrons. The molecule has 1 fully saturated rings. The van der Waals surface area contributed by atoms with Crippen LogP contribution < -0.4 is 10.6 Å². The molecule has 1 aromatic rings. The van der Waals surface area contributed by atoms with Gasteiger partial charge in [-0.15, -0.1) is 0 Å². The van der Waals surface area contributed by atoms with Gasteiger partial charge in [0.05, 0.1) is 0 Å². The summed E-state index contributed by atoms with van der Waals surface area (Å²) in [7, 11) is 0. The highest BCUT2D eigenvalue weighted by atomic mass is 15.2. The molecule has 0 spiro atoms. The minimum absolute atomic E-state index is 0.675. The Balaban J connectivity index is 1.88. The molecule has 0 saturated heterocycles. The van der Waals surface area contributed by atoms with Crippen molar-refractivity contribution in [1.82, 2.24) is 0 Å². The van der Waals surface area contributed by atoms with Crippen LogP contribution in [0, 0.1) is 5.92 Å². The lowest BCUT2D eigenvalue weighted by atomic mass is 9.90. The van der Waals surface area contributed by atoms with Crippen molar-refractivity contribution in [3.05, 3.63) is 29.8 Å². The predicted molar refractivity (Wildman–Crippen MR) is 81.5 cm³/mol. The van der Waals surface area contributed by atoms with Crippen LogP contribution >= 0.6 is 0 Å². The lowest BCUT2D eigenvalue weighted by Gasteiger charge is -2.41. The van der Waals surface area contributed by atoms with Gasteiger partial charge in [-0.3, -0.25) is 0 Å². The molecule has 2 nitrogen and oxygen atoms in total. The lowest BCUT2D eigenvalue weighted by Crippen LogP contribution is -2.45. The second-order valence-electron chi connectivity index (χ2n) is 6.13. The molecule has 1 saturated carbocycles. The Morgan fingerprint density at radius 3 is 2.79 bits per heavy atom. The second kappa shape index (κ2) is 5.96. The Hall–Kier alpha value is -1.02. The number of nitrogens with zero attached hydrogens (tertiary/aromatic N) is 1. The summed E-state index contributed by atoms with van der Waals surface area (Å²) >= 11 is 0. The summed E-state index contributed by atoms with van der Waals surface area (Å²) in [5.74, 6) is 0.689. The van der Waals surface area contributed by atoms with E-state index in [1.165, 1.54) is 62.7 Å². The van der Waals surface area contributed by atoms with Crippen molar-refractivity contribution in [2.24, 2.45) is 11.7 Å². The van der Waals surface area contributed by atoms with Crippen molar-refractivity contribution < 1.29 is 0 Å². The van der Waals surface area contributed by atoms with E-state index in [2.05, 4.69) is 29.2 Å². The Kier molecular flexibility index (Phi) is 4.07. The van der Waals surface area contributed by atoms with Gasteiger partial charge in [0.1, 0.15) is 0 Å². The summed E-state index contributed by atoms with van der Waals surface area (Å²) < 4.78 is 0. The number of benzene rings is 1. The smallest absolute Gasteiger partial charge is 0.0401 e. The third-order valence-electron chi connectivity index (χ3n) is 4.97. The van der Waals surface area contributed by atoms with E-state index in [1.807, 2.05) is 0 Å². The molecule has 1 aliphatic carbocycles. The molecular weight excluding hydrogens is 232 g/mol. The van der Waals surface area contributed by atoms with Gasteiger partial charge in [-0.2, -0.15) is 0 Å². The van der Waals surface area contributed by atoms with Crippen LogP contribution in [0.1, 0.15) is 44.1 Å². The normalized spacial score (nSPS) is 27.7. The number of aryl methyl sites for hydroxylation is 1. The quantitative estimate of drug-likeness (QED) is 0.824. The van der Waals surface area contributed by atoms with Gasteiger partial charge in [0.2, 0.25) is 0 Å². The van der Waals surface area contributed by atoms with Gasteiger partial charge >= 0.3 is 0 Å². The Bertz CT molecular complexity index is 415. The van der Waals surface area contributed by atoms with E-state index in [1.54, 1.807) is 0 Å². The maximum Gasteiger partial charge on any atom is 0.0401 e. The standard InChI is InChI=1S/C17H26N2/c18-13-15-8-2-1-3-10-17(15)19-12-6-9-14-7-4-5-11-16(14)19/h4-5,7,11,15,17H,1-3,6,8-10,12-13,18H2. The first-order valence-corrected chi connectivity index (χ1v) is 7.95. The summed E-state index contributed by atoms with van der Waals surface area (Å²) in [4.78, 5) is 2.68. The Morgan fingerprint density at radius 1 is 1.05 bits per heavy atom. The highest BCUT2D eigenvalue weighted by Crippen LogP contribution is 2.34. The molecule has 0 amide bonds. The molecule has 1 heterocycles. The lowest BCUT2D eigenvalue weighted by molar-refractivity contribution is 0.375. The van der Waals surface area contributed by atoms with E-state index in [-0.39, 0.29) is 0 Å². The van der Waals surface area contributed by atoms with E-state index < -0.39 is 0 Å². The van der Waals surface area contributed by atoms with Gasteiger partial charge in [-0.05, 0) is 49.8 Å². The largest absolute Gasteiger partial charge is 0.368 e. The third-order valence-corrected chi connectivity index (χ3v) is 4.97. The average molecular weight is 258 g/mol. The molecular formula is C17H26N2. The maximum absolute atomic E-state index is 6.06. The zero-order valence-corrected chi connectivity index (χ0v) is 11.9. The van der Waals surface area contributed by atoms with E-state index in [4.69, 9.17) is 5.73 Å². The first kappa shape index (κ1) is 13.0. The van der Waals surface area contributed by atoms with Crippen molar-refractivity contribution in [1.29, 1.82) is 0 Å². The monoisotopic (exact) mass is 258 g/mol. The van der Waals surface area contributed by atoms with Crippen LogP contribution in [0.3, 0.4) is 0 Å². The predicted octanol–water partition coefficient (Wildman–Crippen LogP) is 3.35. The minimum atomic E-state index is 0.675. The van der Waals surface area contributed by atoms with Crippen LogP contribution in [0.25, 0.3) is 0 Å². The maximum atomic E-state index is 6.06. The fourth-order valence-corrected chi connectivity index (χ4v) is 3.96. The molecule has 0 radical (unpaired) electrons. The molecule has 3 rings (SSSR count). The van der Waals surface area contributed by atoms with Gasteiger partial charge in [-0.25, -0.2) is 0 Å². The summed E-state index contributed by atoms with van der Waals surface area (Å²) in [6, 6.07) is 9.65. The van der Waals surface area contributed by atoms with Gasteiger partial charge in [0, 0.05) is 18.3 Å². The minimum Gasteiger partial charge on any atom is -0.368 e. The number of fused-ring (bicyclic) bond motifs is 1. The number of nitrogens with two attached hydrogens (primary N) is 1. The zero-order valence-electron chi connectivity index (χ0n) is 11.9. The fraction of sp³-hybridized carbons (Fsp3) is 0.647. The van der Waals surface area contributed by atoms with Crippen molar-refractivity contribution >= 4 is 5.69 Å². The molecule has 0 bridgehead atoms. The van der Waals surface area contributed by atoms with Crippen molar-refractivity contribution in [2.45, 2.75) is 51.0 Å². The Morgan fingerprint density at radius 2 is 1.89 bits per heavy atom. The first-order valence-electron chi connectivity index (χ1n) is 7.95. The zero-order chi connectivity index (χ0) is 13.1. The molecule has 2 aliphatic rings. The van der Waals surface area contributed by atoms with Gasteiger partial charge < -0.3 is 10.6 Å². The van der Waals surface area contributed by atoms with Crippen LogP contribution in [-0.2, 0) is 6.42 Å². The third kappa shape index (κ3) is 2.64. The molecule has 2 unspecified atom stereocenters. The molecule has 1 aromatic carbocycles. The molecule has 2 atom stereocenters. The number of para-hydroxylation sites is 1. The molecule has 2 heteroatoms. The van der Waals surface area contributed by atoms with E-state index in [0.717, 1.165) is 6.54 Å². The molecule has 2 N–H and O–H groups in total. The summed E-state index contributed by atoms with van der Waals surface area (Å²) in [5.41, 5.74) is 9.08. The van der Waals surface area contributed by atoms with E-state index in [9.17, 15) is 0 Å². The number of hydrogen-bond acceptors (Lipinski definition) is 2. The highest BCUT2D eigenvalue weighted by molar-refractivity contribution is 5.56. The Labute approximate surface area is 117 Å². The van der Waals surface area contributed by atoms with Crippen molar-refractivity contribution in [3.63, 3.8) is 0 Å². The van der Waals surface area contributed by atoms with Crippen LogP contribution in [0.2, 0.25) is 0 Å². The summed E-state index contributed by atoms with van der Waals surface area (Å²) in [5, 5.41) is 0. The number of rotatable bonds is 2. The van der Waals surface area contributed by atoms with Crippen LogP contribution in [-0.4, -0.2) is 19.1 Å². The number of anilines is 1. The van der Waals surface area contributed by atoms with Crippen LogP contribution in [0.4, 0.5) is 5.69 Å².